The van der Waals surface area contributed by atoms with Gasteiger partial charge in [0, 0.05) is 27.9 Å². The first-order chi connectivity index (χ1) is 25.8. The van der Waals surface area contributed by atoms with Crippen molar-refractivity contribution in [1.29, 1.82) is 0 Å². The van der Waals surface area contributed by atoms with E-state index >= 15 is 0 Å². The fraction of sp³-hybridized carbons (Fsp3) is 0.794. The summed E-state index contributed by atoms with van der Waals surface area (Å²) < 4.78 is 28.7. The van der Waals surface area contributed by atoms with Crippen LogP contribution in [0.1, 0.15) is 70.8 Å². The fourth-order valence-electron chi connectivity index (χ4n) is 7.16. The van der Waals surface area contributed by atoms with Crippen molar-refractivity contribution in [2.45, 2.75) is 169 Å². The summed E-state index contributed by atoms with van der Waals surface area (Å²) in [5, 5.41) is 50.6. The van der Waals surface area contributed by atoms with E-state index < -0.39 is 79.5 Å². The summed E-state index contributed by atoms with van der Waals surface area (Å²) in [4.78, 5) is 17.6. The predicted octanol–water partition coefficient (Wildman–Crippen LogP) is 1.46. The number of alkyl carbamates (subject to hydrolysis) is 1. The minimum atomic E-state index is -1.44. The molecule has 5 rings (SSSR count). The Hall–Kier alpha value is -3.33. The van der Waals surface area contributed by atoms with Crippen LogP contribution in [0.25, 0.3) is 20.9 Å². The number of aliphatic hydroxyl groups is 4. The Morgan fingerprint density at radius 3 is 2.04 bits per heavy atom. The molecule has 1 aromatic rings. The highest BCUT2D eigenvalue weighted by Crippen LogP contribution is 2.32. The first-order valence-electron chi connectivity index (χ1n) is 18.5. The summed E-state index contributed by atoms with van der Waals surface area (Å²) in [5.41, 5.74) is 36.0. The molecule has 4 aliphatic rings. The lowest BCUT2D eigenvalue weighted by atomic mass is 9.84. The molecule has 302 valence electrons. The van der Waals surface area contributed by atoms with Gasteiger partial charge in [0.05, 0.1) is 48.6 Å². The number of ether oxygens (including phenoxy) is 5. The maximum absolute atomic E-state index is 12.2. The van der Waals surface area contributed by atoms with E-state index in [2.05, 4.69) is 25.4 Å². The zero-order valence-corrected chi connectivity index (χ0v) is 30.6. The van der Waals surface area contributed by atoms with Gasteiger partial charge >= 0.3 is 6.09 Å². The molecule has 2 aliphatic carbocycles. The molecule has 2 aliphatic heterocycles. The lowest BCUT2D eigenvalue weighted by Gasteiger charge is -2.42. The van der Waals surface area contributed by atoms with Crippen LogP contribution in [0.15, 0.2) is 40.6 Å². The summed E-state index contributed by atoms with van der Waals surface area (Å²) in [6, 6.07) is 6.15. The maximum Gasteiger partial charge on any atom is 0.407 e. The number of azide groups is 2. The number of rotatable bonds is 11. The van der Waals surface area contributed by atoms with Gasteiger partial charge in [-0.2, -0.15) is 0 Å². The molecule has 16 atom stereocenters. The number of nitrogens with two attached hydrogens (primary N) is 3. The number of aliphatic hydroxyl groups excluding tert-OH is 4. The number of benzene rings is 1. The summed E-state index contributed by atoms with van der Waals surface area (Å²) in [6.07, 6.45) is -3.83. The Morgan fingerprint density at radius 2 is 1.41 bits per heavy atom. The largest absolute Gasteiger partial charge is 0.445 e. The summed E-state index contributed by atoms with van der Waals surface area (Å²) in [6.45, 7) is 3.84. The van der Waals surface area contributed by atoms with Crippen molar-refractivity contribution in [3.63, 3.8) is 0 Å². The molecule has 2 saturated carbocycles. The number of hydrogen-bond acceptors (Lipinski definition) is 15. The molecule has 1 amide bonds. The van der Waals surface area contributed by atoms with Gasteiger partial charge in [-0.15, -0.1) is 0 Å². The minimum absolute atomic E-state index is 0.0262. The third kappa shape index (κ3) is 12.1. The van der Waals surface area contributed by atoms with E-state index in [1.165, 1.54) is 0 Å². The third-order valence-electron chi connectivity index (χ3n) is 10.3. The predicted molar refractivity (Wildman–Crippen MR) is 193 cm³/mol. The van der Waals surface area contributed by atoms with E-state index in [1.807, 2.05) is 37.3 Å². The summed E-state index contributed by atoms with van der Waals surface area (Å²) in [5.74, 6) is 0. The number of nitrogens with one attached hydrogen (secondary N) is 1. The van der Waals surface area contributed by atoms with Crippen molar-refractivity contribution >= 4 is 6.09 Å². The van der Waals surface area contributed by atoms with Gasteiger partial charge in [-0.3, -0.25) is 0 Å². The smallest absolute Gasteiger partial charge is 0.407 e. The van der Waals surface area contributed by atoms with Gasteiger partial charge in [-0.05, 0) is 81.8 Å². The van der Waals surface area contributed by atoms with Crippen LogP contribution in [-0.4, -0.2) is 124 Å². The van der Waals surface area contributed by atoms with Crippen molar-refractivity contribution in [1.82, 2.24) is 5.32 Å². The van der Waals surface area contributed by atoms with E-state index in [0.29, 0.717) is 19.3 Å². The Bertz CT molecular complexity index is 1410. The Labute approximate surface area is 313 Å². The average Bonchev–Trinajstić information content (AvgIpc) is 3.16. The van der Waals surface area contributed by atoms with Gasteiger partial charge in [-0.25, -0.2) is 4.79 Å². The van der Waals surface area contributed by atoms with E-state index in [1.54, 1.807) is 6.92 Å². The van der Waals surface area contributed by atoms with Crippen LogP contribution in [0.3, 0.4) is 0 Å². The lowest BCUT2D eigenvalue weighted by Crippen LogP contribution is -2.62. The van der Waals surface area contributed by atoms with Crippen molar-refractivity contribution in [3.05, 3.63) is 56.8 Å². The van der Waals surface area contributed by atoms with Crippen LogP contribution in [0.2, 0.25) is 0 Å². The van der Waals surface area contributed by atoms with Crippen LogP contribution < -0.4 is 22.5 Å². The van der Waals surface area contributed by atoms with Crippen LogP contribution in [0, 0.1) is 0 Å². The number of carbonyl (C=O) groups is 1. The Morgan fingerprint density at radius 1 is 0.833 bits per heavy atom. The van der Waals surface area contributed by atoms with Gasteiger partial charge in [0.2, 0.25) is 0 Å². The molecule has 4 fully saturated rings. The molecule has 0 spiro atoms. The van der Waals surface area contributed by atoms with Crippen molar-refractivity contribution in [2.24, 2.45) is 27.4 Å². The standard InChI is InChI=1S/C21H29N7O6.C13H27N3O4/c1-12(24-21(31)32-11-13-6-3-2-4-7-13)16-8-5-9-17(33-16)34-20-15(26-28-23)10-14(25-27-22)18(29)19(20)30;1-6(14)9-3-2-4-10(19-9)20-13-8(16)5-7(15)11(17)12(13)18/h2-4,6-7,12,14-20,29-30H,5,8-11H2,1H3,(H,24,31);6-13,17-18H,2-5,14-16H2,1H3/t12-,14-,15+,16+,17-,18+,19-,20-;6-,7-,8+,9+,10-,11+,12-,13-/m11/s1. The third-order valence-corrected chi connectivity index (χ3v) is 10.3. The Balaban J connectivity index is 0.000000276. The molecule has 0 unspecified atom stereocenters. The molecule has 20 heteroatoms. The summed E-state index contributed by atoms with van der Waals surface area (Å²) >= 11 is 0. The molecule has 54 heavy (non-hydrogen) atoms. The zero-order valence-electron chi connectivity index (χ0n) is 30.6. The Kier molecular flexibility index (Phi) is 17.0. The van der Waals surface area contributed by atoms with E-state index in [4.69, 9.17) is 51.9 Å². The highest BCUT2D eigenvalue weighted by atomic mass is 16.7. The molecule has 0 radical (unpaired) electrons. The van der Waals surface area contributed by atoms with Gasteiger partial charge < -0.3 is 66.6 Å². The number of carbonyl (C=O) groups excluding carboxylic acids is 1. The molecule has 11 N–H and O–H groups in total. The highest BCUT2D eigenvalue weighted by molar-refractivity contribution is 5.67. The normalized spacial score (nSPS) is 37.9. The minimum Gasteiger partial charge on any atom is -0.445 e. The number of hydrogen-bond donors (Lipinski definition) is 8. The van der Waals surface area contributed by atoms with Crippen molar-refractivity contribution in [3.8, 4) is 0 Å². The molecule has 0 aromatic heterocycles. The van der Waals surface area contributed by atoms with Gasteiger partial charge in [-0.1, -0.05) is 40.6 Å². The quantitative estimate of drug-likeness (QED) is 0.0900. The number of amides is 1. The van der Waals surface area contributed by atoms with Crippen molar-refractivity contribution < 1.29 is 48.9 Å². The molecule has 1 aromatic carbocycles. The second-order valence-electron chi connectivity index (χ2n) is 14.4. The van der Waals surface area contributed by atoms with Crippen LogP contribution in [0.5, 0.6) is 0 Å². The fourth-order valence-corrected chi connectivity index (χ4v) is 7.16. The molecular weight excluding hydrogens is 708 g/mol. The van der Waals surface area contributed by atoms with E-state index in [-0.39, 0.29) is 37.3 Å². The van der Waals surface area contributed by atoms with Crippen LogP contribution in [-0.2, 0) is 30.3 Å². The lowest BCUT2D eigenvalue weighted by molar-refractivity contribution is -0.250. The molecule has 2 heterocycles. The molecule has 20 nitrogen and oxygen atoms in total. The second kappa shape index (κ2) is 21.1. The highest BCUT2D eigenvalue weighted by Gasteiger charge is 2.46. The van der Waals surface area contributed by atoms with E-state index in [9.17, 15) is 25.2 Å². The second-order valence-corrected chi connectivity index (χ2v) is 14.4. The van der Waals surface area contributed by atoms with Crippen LogP contribution >= 0.6 is 0 Å². The molecule has 2 saturated heterocycles. The van der Waals surface area contributed by atoms with Gasteiger partial charge in [0.1, 0.15) is 24.9 Å². The van der Waals surface area contributed by atoms with Gasteiger partial charge in [0.25, 0.3) is 0 Å². The summed E-state index contributed by atoms with van der Waals surface area (Å²) in [7, 11) is 0. The SMILES string of the molecule is C[C@@H](N)[C@@H]1CCC[C@@H](O[C@H]2[C@H](O)[C@@H](O)[C@H](N)C[C@@H]2N)O1.C[C@@H](NC(=O)OCc1ccccc1)[C@@H]1CCC[C@@H](O[C@H]2[C@H](O)[C@@H](O)[C@H](N=[N+]=[N-])C[C@@H]2N=[N+]=[N-])O1. The maximum atomic E-state index is 12.2. The van der Waals surface area contributed by atoms with Crippen LogP contribution in [0.4, 0.5) is 4.79 Å². The topological polar surface area (TPSA) is 332 Å². The monoisotopic (exact) mass is 764 g/mol. The first kappa shape index (κ1) is 43.4. The van der Waals surface area contributed by atoms with E-state index in [0.717, 1.165) is 31.2 Å². The first-order valence-corrected chi connectivity index (χ1v) is 18.5. The van der Waals surface area contributed by atoms with Crippen molar-refractivity contribution in [2.75, 3.05) is 0 Å². The van der Waals surface area contributed by atoms with Gasteiger partial charge in [0.15, 0.2) is 12.6 Å². The number of nitrogens with zero attached hydrogens (tertiary/aromatic N) is 6. The molecule has 0 bridgehead atoms. The zero-order chi connectivity index (χ0) is 39.4. The average molecular weight is 765 g/mol. The molecular formula is C34H56N10O10.